The molecule has 4 aromatic rings. The number of benzene rings is 3. The summed E-state index contributed by atoms with van der Waals surface area (Å²) in [7, 11) is 0. The first-order valence-corrected chi connectivity index (χ1v) is 13.3. The summed E-state index contributed by atoms with van der Waals surface area (Å²) in [6.45, 7) is 18.0. The second-order valence-corrected chi connectivity index (χ2v) is 11.4. The van der Waals surface area contributed by atoms with E-state index in [1.165, 1.54) is 46.2 Å². The van der Waals surface area contributed by atoms with Gasteiger partial charge in [0.05, 0.1) is 5.54 Å². The molecule has 4 rings (SSSR count). The van der Waals surface area contributed by atoms with E-state index in [0.717, 1.165) is 23.6 Å². The molecule has 0 radical (unpaired) electrons. The minimum Gasteiger partial charge on any atom is -0.301 e. The van der Waals surface area contributed by atoms with Crippen molar-refractivity contribution in [3.05, 3.63) is 94.8 Å². The van der Waals surface area contributed by atoms with Crippen molar-refractivity contribution >= 4 is 0 Å². The first kappa shape index (κ1) is 25.9. The van der Waals surface area contributed by atoms with Crippen molar-refractivity contribution < 1.29 is 0 Å². The smallest absolute Gasteiger partial charge is 0.164 e. The van der Waals surface area contributed by atoms with Gasteiger partial charge in [-0.25, -0.2) is 0 Å². The molecule has 3 nitrogen and oxygen atoms in total. The molecular weight excluding hydrogens is 438 g/mol. The highest BCUT2D eigenvalue weighted by molar-refractivity contribution is 5.75. The molecule has 188 valence electrons. The van der Waals surface area contributed by atoms with Crippen LogP contribution in [0.25, 0.3) is 22.5 Å². The Kier molecular flexibility index (Phi) is 7.22. The lowest BCUT2D eigenvalue weighted by Crippen LogP contribution is -2.35. The lowest BCUT2D eigenvalue weighted by molar-refractivity contribution is 0.354. The normalized spacial score (nSPS) is 12.2. The summed E-state index contributed by atoms with van der Waals surface area (Å²) in [5.74, 6) is 1.97. The van der Waals surface area contributed by atoms with Crippen molar-refractivity contribution in [3.63, 3.8) is 0 Å². The summed E-state index contributed by atoms with van der Waals surface area (Å²) in [4.78, 5) is 0. The molecular formula is C33H41N3. The third-order valence-electron chi connectivity index (χ3n) is 7.55. The Bertz CT molecular complexity index is 1320. The van der Waals surface area contributed by atoms with Crippen molar-refractivity contribution in [2.45, 2.75) is 85.6 Å². The Morgan fingerprint density at radius 2 is 1.39 bits per heavy atom. The molecule has 0 aliphatic carbocycles. The summed E-state index contributed by atoms with van der Waals surface area (Å²) in [6.07, 6.45) is 3.42. The zero-order valence-electron chi connectivity index (χ0n) is 23.3. The Morgan fingerprint density at radius 3 is 2.03 bits per heavy atom. The standard InChI is InChI=1S/C33H41N3/c1-9-10-19-32(5,6)31-35-34-30(36(31)33(7,8)28-17-12-11-13-18-28)27-16-14-15-26(22-27)29-24(3)20-23(2)21-25(29)4/h11-18,20-22H,9-10,19H2,1-8H3. The molecule has 0 fully saturated rings. The van der Waals surface area contributed by atoms with E-state index in [0.29, 0.717) is 0 Å². The number of aromatic nitrogens is 3. The van der Waals surface area contributed by atoms with Gasteiger partial charge in [-0.2, -0.15) is 0 Å². The fourth-order valence-corrected chi connectivity index (χ4v) is 5.59. The van der Waals surface area contributed by atoms with E-state index in [4.69, 9.17) is 10.2 Å². The van der Waals surface area contributed by atoms with Crippen molar-refractivity contribution in [1.82, 2.24) is 14.8 Å². The van der Waals surface area contributed by atoms with Gasteiger partial charge in [0.2, 0.25) is 0 Å². The van der Waals surface area contributed by atoms with E-state index in [9.17, 15) is 0 Å². The summed E-state index contributed by atoms with van der Waals surface area (Å²) in [5.41, 5.74) is 8.38. The lowest BCUT2D eigenvalue weighted by atomic mass is 9.84. The van der Waals surface area contributed by atoms with E-state index in [-0.39, 0.29) is 11.0 Å². The molecule has 0 aliphatic rings. The summed E-state index contributed by atoms with van der Waals surface area (Å²) >= 11 is 0. The van der Waals surface area contributed by atoms with Gasteiger partial charge >= 0.3 is 0 Å². The maximum Gasteiger partial charge on any atom is 0.164 e. The van der Waals surface area contributed by atoms with Crippen molar-refractivity contribution in [2.24, 2.45) is 0 Å². The van der Waals surface area contributed by atoms with Gasteiger partial charge in [0.1, 0.15) is 5.82 Å². The molecule has 0 bridgehead atoms. The SMILES string of the molecule is CCCCC(C)(C)c1nnc(-c2cccc(-c3c(C)cc(C)cc3C)c2)n1C(C)(C)c1ccccc1. The van der Waals surface area contributed by atoms with Gasteiger partial charge < -0.3 is 4.57 Å². The number of aryl methyl sites for hydroxylation is 3. The molecule has 0 saturated heterocycles. The van der Waals surface area contributed by atoms with Crippen LogP contribution in [0.1, 0.15) is 82.0 Å². The number of hydrogen-bond acceptors (Lipinski definition) is 2. The monoisotopic (exact) mass is 479 g/mol. The highest BCUT2D eigenvalue weighted by atomic mass is 15.3. The highest BCUT2D eigenvalue weighted by Gasteiger charge is 2.36. The minimum atomic E-state index is -0.315. The van der Waals surface area contributed by atoms with Crippen LogP contribution in [0.5, 0.6) is 0 Å². The van der Waals surface area contributed by atoms with Gasteiger partial charge in [0.25, 0.3) is 0 Å². The van der Waals surface area contributed by atoms with Crippen LogP contribution < -0.4 is 0 Å². The largest absolute Gasteiger partial charge is 0.301 e. The number of rotatable bonds is 8. The molecule has 3 heteroatoms. The molecule has 1 aromatic heterocycles. The summed E-state index contributed by atoms with van der Waals surface area (Å²) in [5, 5.41) is 9.73. The third kappa shape index (κ3) is 4.89. The molecule has 0 atom stereocenters. The topological polar surface area (TPSA) is 30.7 Å². The van der Waals surface area contributed by atoms with Gasteiger partial charge in [0.15, 0.2) is 5.82 Å². The zero-order chi connectivity index (χ0) is 26.1. The molecule has 3 aromatic carbocycles. The number of unbranched alkanes of at least 4 members (excludes halogenated alkanes) is 1. The van der Waals surface area contributed by atoms with Gasteiger partial charge in [-0.15, -0.1) is 10.2 Å². The lowest BCUT2D eigenvalue weighted by Gasteiger charge is -2.34. The van der Waals surface area contributed by atoms with Crippen LogP contribution in [0.2, 0.25) is 0 Å². The van der Waals surface area contributed by atoms with E-state index in [1.54, 1.807) is 0 Å². The average molecular weight is 480 g/mol. The van der Waals surface area contributed by atoms with Gasteiger partial charge in [-0.3, -0.25) is 0 Å². The Morgan fingerprint density at radius 1 is 0.750 bits per heavy atom. The average Bonchev–Trinajstić information content (AvgIpc) is 3.30. The Hall–Kier alpha value is -3.20. The fraction of sp³-hybridized carbons (Fsp3) is 0.394. The second-order valence-electron chi connectivity index (χ2n) is 11.4. The van der Waals surface area contributed by atoms with Gasteiger partial charge in [0, 0.05) is 11.0 Å². The van der Waals surface area contributed by atoms with E-state index >= 15 is 0 Å². The first-order valence-electron chi connectivity index (χ1n) is 13.3. The van der Waals surface area contributed by atoms with Crippen molar-refractivity contribution in [1.29, 1.82) is 0 Å². The predicted octanol–water partition coefficient (Wildman–Crippen LogP) is 8.79. The fourth-order valence-electron chi connectivity index (χ4n) is 5.59. The van der Waals surface area contributed by atoms with Crippen LogP contribution in [0, 0.1) is 20.8 Å². The summed E-state index contributed by atoms with van der Waals surface area (Å²) in [6, 6.07) is 24.1. The van der Waals surface area contributed by atoms with Crippen molar-refractivity contribution in [2.75, 3.05) is 0 Å². The van der Waals surface area contributed by atoms with Crippen LogP contribution in [0.4, 0.5) is 0 Å². The quantitative estimate of drug-likeness (QED) is 0.253. The maximum absolute atomic E-state index is 4.87. The molecule has 0 unspecified atom stereocenters. The molecule has 0 spiro atoms. The van der Waals surface area contributed by atoms with Gasteiger partial charge in [-0.1, -0.05) is 99.8 Å². The molecule has 36 heavy (non-hydrogen) atoms. The van der Waals surface area contributed by atoms with E-state index in [1.807, 2.05) is 0 Å². The number of hydrogen-bond donors (Lipinski definition) is 0. The third-order valence-corrected chi connectivity index (χ3v) is 7.55. The zero-order valence-corrected chi connectivity index (χ0v) is 23.3. The van der Waals surface area contributed by atoms with Crippen molar-refractivity contribution in [3.8, 4) is 22.5 Å². The predicted molar refractivity (Wildman–Crippen MR) is 153 cm³/mol. The molecule has 0 aliphatic heterocycles. The van der Waals surface area contributed by atoms with Crippen LogP contribution in [0.15, 0.2) is 66.7 Å². The van der Waals surface area contributed by atoms with Crippen LogP contribution in [0.3, 0.4) is 0 Å². The van der Waals surface area contributed by atoms with Crippen LogP contribution in [-0.2, 0) is 11.0 Å². The molecule has 0 saturated carbocycles. The number of nitrogens with zero attached hydrogens (tertiary/aromatic N) is 3. The van der Waals surface area contributed by atoms with Crippen LogP contribution >= 0.6 is 0 Å². The maximum atomic E-state index is 4.87. The van der Waals surface area contributed by atoms with Crippen LogP contribution in [-0.4, -0.2) is 14.8 Å². The van der Waals surface area contributed by atoms with E-state index in [2.05, 4.69) is 127 Å². The van der Waals surface area contributed by atoms with E-state index < -0.39 is 0 Å². The highest BCUT2D eigenvalue weighted by Crippen LogP contribution is 2.39. The molecule has 0 N–H and O–H groups in total. The first-order chi connectivity index (χ1) is 17.1. The Balaban J connectivity index is 1.93. The summed E-state index contributed by atoms with van der Waals surface area (Å²) < 4.78 is 2.39. The second kappa shape index (κ2) is 10.0. The minimum absolute atomic E-state index is 0.0882. The molecule has 0 amide bonds. The van der Waals surface area contributed by atoms with Gasteiger partial charge in [-0.05, 0) is 74.9 Å². The molecule has 1 heterocycles. The Labute approximate surface area is 217 Å².